The summed E-state index contributed by atoms with van der Waals surface area (Å²) < 4.78 is 60.0. The Bertz CT molecular complexity index is 719. The Kier molecular flexibility index (Phi) is 4.68. The molecule has 23 heavy (non-hydrogen) atoms. The second-order valence-electron chi connectivity index (χ2n) is 5.69. The summed E-state index contributed by atoms with van der Waals surface area (Å²) in [5.74, 6) is -3.61. The van der Waals surface area contributed by atoms with Gasteiger partial charge in [0.05, 0.1) is 18.4 Å². The minimum Gasteiger partial charge on any atom is -0.463 e. The molecule has 0 N–H and O–H groups in total. The standard InChI is InChI=1S/C16H17F4NO2/c1-9(2)23-15(22)7-13(16(18,19)20)12-8-21(3)14-5-4-10(17)6-11(12)14/h4-6,8-9,13H,7H2,1-3H3/t13-/m0/s1. The summed E-state index contributed by atoms with van der Waals surface area (Å²) in [6, 6.07) is 3.65. The van der Waals surface area contributed by atoms with Crippen molar-refractivity contribution in [2.24, 2.45) is 7.05 Å². The topological polar surface area (TPSA) is 31.2 Å². The van der Waals surface area contributed by atoms with Gasteiger partial charge >= 0.3 is 12.1 Å². The summed E-state index contributed by atoms with van der Waals surface area (Å²) in [7, 11) is 1.57. The number of carbonyl (C=O) groups excluding carboxylic acids is 1. The first-order valence-corrected chi connectivity index (χ1v) is 7.10. The van der Waals surface area contributed by atoms with Gasteiger partial charge in [-0.05, 0) is 37.6 Å². The van der Waals surface area contributed by atoms with Crippen molar-refractivity contribution in [3.8, 4) is 0 Å². The van der Waals surface area contributed by atoms with Gasteiger partial charge in [-0.25, -0.2) is 4.39 Å². The van der Waals surface area contributed by atoms with Crippen molar-refractivity contribution >= 4 is 16.9 Å². The van der Waals surface area contributed by atoms with Gasteiger partial charge in [0.15, 0.2) is 0 Å². The van der Waals surface area contributed by atoms with Crippen molar-refractivity contribution in [1.29, 1.82) is 0 Å². The number of esters is 1. The first-order chi connectivity index (χ1) is 10.6. The fraction of sp³-hybridized carbons (Fsp3) is 0.438. The first kappa shape index (κ1) is 17.3. The number of rotatable bonds is 4. The lowest BCUT2D eigenvalue weighted by atomic mass is 9.94. The molecule has 7 heteroatoms. The van der Waals surface area contributed by atoms with Crippen LogP contribution in [0.5, 0.6) is 0 Å². The summed E-state index contributed by atoms with van der Waals surface area (Å²) in [4.78, 5) is 11.7. The summed E-state index contributed by atoms with van der Waals surface area (Å²) in [5, 5.41) is 0.146. The summed E-state index contributed by atoms with van der Waals surface area (Å²) >= 11 is 0. The number of hydrogen-bond donors (Lipinski definition) is 0. The fourth-order valence-corrected chi connectivity index (χ4v) is 2.55. The molecule has 0 aliphatic rings. The molecule has 2 rings (SSSR count). The molecule has 0 fully saturated rings. The van der Waals surface area contributed by atoms with E-state index < -0.39 is 36.4 Å². The van der Waals surface area contributed by atoms with E-state index in [0.29, 0.717) is 5.52 Å². The predicted molar refractivity (Wildman–Crippen MR) is 77.5 cm³/mol. The van der Waals surface area contributed by atoms with Gasteiger partial charge in [-0.15, -0.1) is 0 Å². The van der Waals surface area contributed by atoms with Gasteiger partial charge in [0.2, 0.25) is 0 Å². The van der Waals surface area contributed by atoms with E-state index in [9.17, 15) is 22.4 Å². The van der Waals surface area contributed by atoms with Gasteiger partial charge in [-0.1, -0.05) is 0 Å². The Hall–Kier alpha value is -2.05. The van der Waals surface area contributed by atoms with Crippen LogP contribution in [0.2, 0.25) is 0 Å². The van der Waals surface area contributed by atoms with E-state index in [4.69, 9.17) is 4.74 Å². The van der Waals surface area contributed by atoms with Crippen molar-refractivity contribution < 1.29 is 27.1 Å². The third-order valence-electron chi connectivity index (χ3n) is 3.49. The molecule has 1 atom stereocenters. The third kappa shape index (κ3) is 3.83. The maximum absolute atomic E-state index is 13.4. The summed E-state index contributed by atoms with van der Waals surface area (Å²) in [6.45, 7) is 3.13. The van der Waals surface area contributed by atoms with Crippen molar-refractivity contribution in [3.05, 3.63) is 35.8 Å². The zero-order chi connectivity index (χ0) is 17.4. The lowest BCUT2D eigenvalue weighted by Gasteiger charge is -2.20. The fourth-order valence-electron chi connectivity index (χ4n) is 2.55. The van der Waals surface area contributed by atoms with E-state index in [1.165, 1.54) is 22.9 Å². The van der Waals surface area contributed by atoms with E-state index in [0.717, 1.165) is 6.07 Å². The number of aryl methyl sites for hydroxylation is 1. The number of benzene rings is 1. The third-order valence-corrected chi connectivity index (χ3v) is 3.49. The molecule has 0 aliphatic carbocycles. The lowest BCUT2D eigenvalue weighted by Crippen LogP contribution is -2.25. The van der Waals surface area contributed by atoms with Crippen LogP contribution in [-0.4, -0.2) is 22.8 Å². The molecule has 0 aliphatic heterocycles. The van der Waals surface area contributed by atoms with Gasteiger partial charge in [-0.3, -0.25) is 4.79 Å². The molecule has 0 saturated heterocycles. The quantitative estimate of drug-likeness (QED) is 0.618. The number of aromatic nitrogens is 1. The largest absolute Gasteiger partial charge is 0.463 e. The Labute approximate surface area is 130 Å². The van der Waals surface area contributed by atoms with Gasteiger partial charge in [0, 0.05) is 24.1 Å². The molecule has 0 bridgehead atoms. The van der Waals surface area contributed by atoms with E-state index in [1.807, 2.05) is 0 Å². The lowest BCUT2D eigenvalue weighted by molar-refractivity contribution is -0.168. The van der Waals surface area contributed by atoms with Crippen molar-refractivity contribution in [1.82, 2.24) is 4.57 Å². The number of fused-ring (bicyclic) bond motifs is 1. The van der Waals surface area contributed by atoms with Crippen LogP contribution in [0.3, 0.4) is 0 Å². The molecule has 1 heterocycles. The predicted octanol–water partition coefficient (Wildman–Crippen LogP) is 4.31. The monoisotopic (exact) mass is 331 g/mol. The summed E-state index contributed by atoms with van der Waals surface area (Å²) in [5.41, 5.74) is 0.336. The van der Waals surface area contributed by atoms with Gasteiger partial charge in [-0.2, -0.15) is 13.2 Å². The Morgan fingerprint density at radius 2 is 1.96 bits per heavy atom. The number of halogens is 4. The van der Waals surface area contributed by atoms with Crippen LogP contribution >= 0.6 is 0 Å². The molecule has 0 spiro atoms. The minimum absolute atomic E-state index is 0.129. The Morgan fingerprint density at radius 1 is 1.30 bits per heavy atom. The molecule has 0 saturated carbocycles. The maximum atomic E-state index is 13.4. The molecule has 3 nitrogen and oxygen atoms in total. The van der Waals surface area contributed by atoms with E-state index in [1.54, 1.807) is 20.9 Å². The average molecular weight is 331 g/mol. The highest BCUT2D eigenvalue weighted by Gasteiger charge is 2.43. The van der Waals surface area contributed by atoms with Crippen molar-refractivity contribution in [2.75, 3.05) is 0 Å². The average Bonchev–Trinajstić information content (AvgIpc) is 2.70. The molecular weight excluding hydrogens is 314 g/mol. The van der Waals surface area contributed by atoms with Crippen LogP contribution in [0.4, 0.5) is 17.6 Å². The molecule has 0 radical (unpaired) electrons. The first-order valence-electron chi connectivity index (χ1n) is 7.10. The number of hydrogen-bond acceptors (Lipinski definition) is 2. The number of nitrogens with zero attached hydrogens (tertiary/aromatic N) is 1. The van der Waals surface area contributed by atoms with Crippen LogP contribution in [0, 0.1) is 5.82 Å². The highest BCUT2D eigenvalue weighted by Crippen LogP contribution is 2.41. The molecule has 0 amide bonds. The molecule has 0 unspecified atom stereocenters. The highest BCUT2D eigenvalue weighted by molar-refractivity contribution is 5.85. The maximum Gasteiger partial charge on any atom is 0.396 e. The Balaban J connectivity index is 2.48. The molecule has 1 aromatic carbocycles. The number of alkyl halides is 3. The molecule has 126 valence electrons. The highest BCUT2D eigenvalue weighted by atomic mass is 19.4. The Morgan fingerprint density at radius 3 is 2.52 bits per heavy atom. The van der Waals surface area contributed by atoms with Crippen LogP contribution < -0.4 is 0 Å². The van der Waals surface area contributed by atoms with Gasteiger partial charge in [0.1, 0.15) is 5.82 Å². The van der Waals surface area contributed by atoms with Crippen molar-refractivity contribution in [3.63, 3.8) is 0 Å². The van der Waals surface area contributed by atoms with Gasteiger partial charge in [0.25, 0.3) is 0 Å². The van der Waals surface area contributed by atoms with E-state index in [2.05, 4.69) is 0 Å². The summed E-state index contributed by atoms with van der Waals surface area (Å²) in [6.07, 6.45) is -4.69. The SMILES string of the molecule is CC(C)OC(=O)C[C@@H](c1cn(C)c2ccc(F)cc12)C(F)(F)F. The second-order valence-corrected chi connectivity index (χ2v) is 5.69. The van der Waals surface area contributed by atoms with Crippen LogP contribution in [0.25, 0.3) is 10.9 Å². The molecule has 2 aromatic rings. The smallest absolute Gasteiger partial charge is 0.396 e. The van der Waals surface area contributed by atoms with E-state index in [-0.39, 0.29) is 10.9 Å². The molecular formula is C16H17F4NO2. The normalized spacial score (nSPS) is 13.6. The zero-order valence-electron chi connectivity index (χ0n) is 12.9. The van der Waals surface area contributed by atoms with Crippen LogP contribution in [-0.2, 0) is 16.6 Å². The number of carbonyl (C=O) groups is 1. The minimum atomic E-state index is -4.64. The number of ether oxygens (including phenoxy) is 1. The van der Waals surface area contributed by atoms with Gasteiger partial charge < -0.3 is 9.30 Å². The van der Waals surface area contributed by atoms with Crippen molar-refractivity contribution in [2.45, 2.75) is 38.5 Å². The second kappa shape index (κ2) is 6.22. The van der Waals surface area contributed by atoms with Crippen LogP contribution in [0.15, 0.2) is 24.4 Å². The molecule has 1 aromatic heterocycles. The van der Waals surface area contributed by atoms with E-state index >= 15 is 0 Å². The zero-order valence-corrected chi connectivity index (χ0v) is 12.9. The van der Waals surface area contributed by atoms with Crippen LogP contribution in [0.1, 0.15) is 31.7 Å².